The Morgan fingerprint density at radius 1 is 1.10 bits per heavy atom. The van der Waals surface area contributed by atoms with Gasteiger partial charge in [0, 0.05) is 5.02 Å². The maximum absolute atomic E-state index is 12.7. The molecule has 0 aromatic heterocycles. The van der Waals surface area contributed by atoms with Gasteiger partial charge in [0.1, 0.15) is 0 Å². The first-order valence-electron chi connectivity index (χ1n) is 9.18. The third-order valence-electron chi connectivity index (χ3n) is 4.19. The van der Waals surface area contributed by atoms with E-state index in [9.17, 15) is 9.59 Å². The average molecular weight is 432 g/mol. The number of carbonyl (C=O) groups excluding carboxylic acids is 2. The van der Waals surface area contributed by atoms with Crippen LogP contribution < -0.4 is 9.47 Å². The number of amides is 2. The summed E-state index contributed by atoms with van der Waals surface area (Å²) in [6.07, 6.45) is 1.70. The van der Waals surface area contributed by atoms with Gasteiger partial charge in [0.25, 0.3) is 11.1 Å². The van der Waals surface area contributed by atoms with E-state index in [-0.39, 0.29) is 17.7 Å². The number of imide groups is 1. The van der Waals surface area contributed by atoms with Crippen LogP contribution in [0.3, 0.4) is 0 Å². The van der Waals surface area contributed by atoms with Crippen LogP contribution in [0.4, 0.5) is 4.79 Å². The second kappa shape index (κ2) is 9.37. The van der Waals surface area contributed by atoms with Crippen molar-refractivity contribution >= 4 is 40.6 Å². The van der Waals surface area contributed by atoms with Gasteiger partial charge in [0.15, 0.2) is 11.5 Å². The van der Waals surface area contributed by atoms with E-state index in [1.165, 1.54) is 4.90 Å². The molecule has 7 heteroatoms. The molecule has 1 heterocycles. The molecule has 1 saturated heterocycles. The van der Waals surface area contributed by atoms with Gasteiger partial charge in [-0.3, -0.25) is 14.5 Å². The van der Waals surface area contributed by atoms with Crippen molar-refractivity contribution in [1.82, 2.24) is 4.90 Å². The van der Waals surface area contributed by atoms with Gasteiger partial charge in [-0.25, -0.2) is 0 Å². The smallest absolute Gasteiger partial charge is 0.293 e. The molecule has 2 aromatic rings. The average Bonchev–Trinajstić information content (AvgIpc) is 2.95. The number of benzene rings is 2. The largest absolute Gasteiger partial charge is 0.493 e. The highest BCUT2D eigenvalue weighted by Crippen LogP contribution is 2.35. The second-order valence-corrected chi connectivity index (χ2v) is 8.44. The Labute approximate surface area is 179 Å². The van der Waals surface area contributed by atoms with Crippen molar-refractivity contribution in [3.05, 3.63) is 63.5 Å². The molecule has 0 N–H and O–H groups in total. The summed E-state index contributed by atoms with van der Waals surface area (Å²) in [5.41, 5.74) is 1.60. The lowest BCUT2D eigenvalue weighted by Crippen LogP contribution is -2.27. The number of methoxy groups -OCH3 is 1. The first kappa shape index (κ1) is 21.3. The molecule has 2 aromatic carbocycles. The summed E-state index contributed by atoms with van der Waals surface area (Å²) in [4.78, 5) is 26.7. The van der Waals surface area contributed by atoms with E-state index in [1.807, 2.05) is 12.1 Å². The minimum atomic E-state index is -0.311. The zero-order valence-electron chi connectivity index (χ0n) is 16.5. The standard InChI is InChI=1S/C22H22ClNO4S/c1-14(2)13-28-18-9-6-16(10-19(18)27-3)11-20-21(25)24(22(26)29-20)12-15-4-7-17(23)8-5-15/h4-11,14H,12-13H2,1-3H3/b20-11-. The van der Waals surface area contributed by atoms with Gasteiger partial charge in [0.05, 0.1) is 25.2 Å². The number of nitrogens with zero attached hydrogens (tertiary/aromatic N) is 1. The Morgan fingerprint density at radius 3 is 2.48 bits per heavy atom. The quantitative estimate of drug-likeness (QED) is 0.532. The van der Waals surface area contributed by atoms with Crippen LogP contribution >= 0.6 is 23.4 Å². The second-order valence-electron chi connectivity index (χ2n) is 7.01. The van der Waals surface area contributed by atoms with Crippen LogP contribution in [0.1, 0.15) is 25.0 Å². The fourth-order valence-corrected chi connectivity index (χ4v) is 3.67. The number of halogens is 1. The van der Waals surface area contributed by atoms with Crippen LogP contribution in [0.5, 0.6) is 11.5 Å². The zero-order valence-corrected chi connectivity index (χ0v) is 18.0. The lowest BCUT2D eigenvalue weighted by atomic mass is 10.1. The van der Waals surface area contributed by atoms with Gasteiger partial charge in [-0.05, 0) is 59.1 Å². The topological polar surface area (TPSA) is 55.8 Å². The Hall–Kier alpha value is -2.44. The molecule has 0 atom stereocenters. The normalized spacial score (nSPS) is 15.5. The summed E-state index contributed by atoms with van der Waals surface area (Å²) in [5, 5.41) is 0.317. The van der Waals surface area contributed by atoms with E-state index in [4.69, 9.17) is 21.1 Å². The molecule has 29 heavy (non-hydrogen) atoms. The predicted octanol–water partition coefficient (Wildman–Crippen LogP) is 5.62. The van der Waals surface area contributed by atoms with Gasteiger partial charge >= 0.3 is 0 Å². The van der Waals surface area contributed by atoms with Gasteiger partial charge in [0.2, 0.25) is 0 Å². The van der Waals surface area contributed by atoms with E-state index in [0.717, 1.165) is 22.9 Å². The van der Waals surface area contributed by atoms with Crippen LogP contribution in [-0.4, -0.2) is 29.8 Å². The zero-order chi connectivity index (χ0) is 21.0. The molecule has 152 valence electrons. The SMILES string of the molecule is COc1cc(/C=C2\SC(=O)N(Cc3ccc(Cl)cc3)C2=O)ccc1OCC(C)C. The van der Waals surface area contributed by atoms with E-state index in [1.54, 1.807) is 43.5 Å². The summed E-state index contributed by atoms with van der Waals surface area (Å²) >= 11 is 6.82. The van der Waals surface area contributed by atoms with Crippen LogP contribution in [0.25, 0.3) is 6.08 Å². The molecule has 0 saturated carbocycles. The summed E-state index contributed by atoms with van der Waals surface area (Å²) in [5.74, 6) is 1.31. The number of thioether (sulfide) groups is 1. The van der Waals surface area contributed by atoms with Gasteiger partial charge in [-0.15, -0.1) is 0 Å². The predicted molar refractivity (Wildman–Crippen MR) is 116 cm³/mol. The first-order chi connectivity index (χ1) is 13.9. The lowest BCUT2D eigenvalue weighted by molar-refractivity contribution is -0.123. The van der Waals surface area contributed by atoms with Gasteiger partial charge in [-0.1, -0.05) is 43.6 Å². The van der Waals surface area contributed by atoms with Crippen molar-refractivity contribution in [1.29, 1.82) is 0 Å². The van der Waals surface area contributed by atoms with Crippen LogP contribution in [0, 0.1) is 5.92 Å². The van der Waals surface area contributed by atoms with Crippen molar-refractivity contribution in [3.63, 3.8) is 0 Å². The highest BCUT2D eigenvalue weighted by atomic mass is 35.5. The highest BCUT2D eigenvalue weighted by Gasteiger charge is 2.35. The fourth-order valence-electron chi connectivity index (χ4n) is 2.71. The third kappa shape index (κ3) is 5.34. The molecule has 0 unspecified atom stereocenters. The summed E-state index contributed by atoms with van der Waals surface area (Å²) in [6.45, 7) is 4.94. The summed E-state index contributed by atoms with van der Waals surface area (Å²) < 4.78 is 11.2. The number of carbonyl (C=O) groups is 2. The van der Waals surface area contributed by atoms with E-state index in [0.29, 0.717) is 34.0 Å². The maximum Gasteiger partial charge on any atom is 0.293 e. The molecule has 1 fully saturated rings. The molecule has 0 aliphatic carbocycles. The highest BCUT2D eigenvalue weighted by molar-refractivity contribution is 8.18. The van der Waals surface area contributed by atoms with Crippen molar-refractivity contribution in [2.75, 3.05) is 13.7 Å². The van der Waals surface area contributed by atoms with E-state index >= 15 is 0 Å². The van der Waals surface area contributed by atoms with Gasteiger partial charge in [-0.2, -0.15) is 0 Å². The van der Waals surface area contributed by atoms with Crippen LogP contribution in [0.15, 0.2) is 47.4 Å². The molecule has 1 aliphatic rings. The summed E-state index contributed by atoms with van der Waals surface area (Å²) in [6, 6.07) is 12.5. The molecule has 0 radical (unpaired) electrons. The monoisotopic (exact) mass is 431 g/mol. The Kier molecular flexibility index (Phi) is 6.87. The number of ether oxygens (including phenoxy) is 2. The number of rotatable bonds is 7. The van der Waals surface area contributed by atoms with Crippen LogP contribution in [0.2, 0.25) is 5.02 Å². The molecule has 1 aliphatic heterocycles. The fraction of sp³-hybridized carbons (Fsp3) is 0.273. The summed E-state index contributed by atoms with van der Waals surface area (Å²) in [7, 11) is 1.57. The molecule has 5 nitrogen and oxygen atoms in total. The minimum absolute atomic E-state index is 0.213. The molecular formula is C22H22ClNO4S. The molecule has 0 bridgehead atoms. The van der Waals surface area contributed by atoms with Crippen LogP contribution in [-0.2, 0) is 11.3 Å². The van der Waals surface area contributed by atoms with Crippen molar-refractivity contribution in [2.45, 2.75) is 20.4 Å². The van der Waals surface area contributed by atoms with E-state index in [2.05, 4.69) is 13.8 Å². The van der Waals surface area contributed by atoms with Crippen molar-refractivity contribution in [2.24, 2.45) is 5.92 Å². The molecule has 2 amide bonds. The van der Waals surface area contributed by atoms with Gasteiger partial charge < -0.3 is 9.47 Å². The van der Waals surface area contributed by atoms with Crippen molar-refractivity contribution in [3.8, 4) is 11.5 Å². The Balaban J connectivity index is 1.77. The molecule has 0 spiro atoms. The first-order valence-corrected chi connectivity index (χ1v) is 10.4. The Morgan fingerprint density at radius 2 is 1.83 bits per heavy atom. The molecule has 3 rings (SSSR count). The number of hydrogen-bond acceptors (Lipinski definition) is 5. The Bertz CT molecular complexity index is 940. The van der Waals surface area contributed by atoms with E-state index < -0.39 is 0 Å². The lowest BCUT2D eigenvalue weighted by Gasteiger charge is -2.13. The molecular weight excluding hydrogens is 410 g/mol. The maximum atomic E-state index is 12.7. The van der Waals surface area contributed by atoms with Crippen molar-refractivity contribution < 1.29 is 19.1 Å². The number of hydrogen-bond donors (Lipinski definition) is 0. The third-order valence-corrected chi connectivity index (χ3v) is 5.34. The minimum Gasteiger partial charge on any atom is -0.493 e.